The number of anilines is 3. The highest BCUT2D eigenvalue weighted by Crippen LogP contribution is 2.64. The Morgan fingerprint density at radius 3 is 1.40 bits per heavy atom. The van der Waals surface area contributed by atoms with Crippen molar-refractivity contribution < 1.29 is 0 Å². The number of rotatable bonds is 6. The molecule has 10 aromatic rings. The Labute approximate surface area is 361 Å². The van der Waals surface area contributed by atoms with E-state index in [1.165, 1.54) is 38.9 Å². The van der Waals surface area contributed by atoms with E-state index < -0.39 is 5.41 Å². The minimum absolute atomic E-state index is 0.594. The second-order valence-corrected chi connectivity index (χ2v) is 15.9. The highest BCUT2D eigenvalue weighted by molar-refractivity contribution is 5.99. The summed E-state index contributed by atoms with van der Waals surface area (Å²) < 4.78 is 0. The molecule has 1 spiro atoms. The molecule has 0 atom stereocenters. The van der Waals surface area contributed by atoms with Gasteiger partial charge in [-0.1, -0.05) is 200 Å². The highest BCUT2D eigenvalue weighted by atomic mass is 15.2. The molecule has 0 amide bonds. The van der Waals surface area contributed by atoms with E-state index in [1.807, 2.05) is 24.3 Å². The summed E-state index contributed by atoms with van der Waals surface area (Å²) in [6, 6.07) is 82.2. The lowest BCUT2D eigenvalue weighted by Crippen LogP contribution is -2.36. The average molecular weight is 791 g/mol. The quantitative estimate of drug-likeness (QED) is 0.168. The molecule has 12 rings (SSSR count). The summed E-state index contributed by atoms with van der Waals surface area (Å²) in [4.78, 5) is 18.3. The number of fused-ring (bicyclic) bond motifs is 9. The third-order valence-corrected chi connectivity index (χ3v) is 12.5. The minimum atomic E-state index is -0.594. The zero-order valence-corrected chi connectivity index (χ0v) is 33.7. The van der Waals surface area contributed by atoms with Crippen molar-refractivity contribution in [2.24, 2.45) is 0 Å². The molecule has 1 aliphatic carbocycles. The molecular weight excluding hydrogens is 753 g/mol. The van der Waals surface area contributed by atoms with E-state index >= 15 is 0 Å². The van der Waals surface area contributed by atoms with Crippen LogP contribution in [0.3, 0.4) is 0 Å². The first-order chi connectivity index (χ1) is 30.8. The maximum absolute atomic E-state index is 5.38. The largest absolute Gasteiger partial charge is 0.310 e. The van der Waals surface area contributed by atoms with Crippen LogP contribution in [-0.2, 0) is 5.41 Å². The number of hydrogen-bond donors (Lipinski definition) is 0. The SMILES string of the molecule is c1ccc(-c2ccc(-c3cccc(-c4nc(-c5ccccc5)nc(-c5cccc6c5-c5ccccc5C65c6ccccc6N(c6ccccc6)c6ccccc65)n4)c3)cc2)cc1. The first-order valence-electron chi connectivity index (χ1n) is 21.1. The van der Waals surface area contributed by atoms with Crippen molar-refractivity contribution in [1.29, 1.82) is 0 Å². The van der Waals surface area contributed by atoms with Gasteiger partial charge in [0.25, 0.3) is 0 Å². The van der Waals surface area contributed by atoms with Crippen molar-refractivity contribution in [2.75, 3.05) is 4.90 Å². The normalized spacial score (nSPS) is 12.9. The summed E-state index contributed by atoms with van der Waals surface area (Å²) >= 11 is 0. The molecule has 2 aliphatic rings. The van der Waals surface area contributed by atoms with Gasteiger partial charge in [0, 0.05) is 22.4 Å². The molecule has 1 aliphatic heterocycles. The fourth-order valence-corrected chi connectivity index (χ4v) is 9.86. The highest BCUT2D eigenvalue weighted by Gasteiger charge is 2.52. The van der Waals surface area contributed by atoms with Crippen molar-refractivity contribution in [1.82, 2.24) is 15.0 Å². The van der Waals surface area contributed by atoms with Crippen LogP contribution in [0.5, 0.6) is 0 Å². The second-order valence-electron chi connectivity index (χ2n) is 15.9. The molecule has 0 saturated heterocycles. The first kappa shape index (κ1) is 35.7. The van der Waals surface area contributed by atoms with Gasteiger partial charge >= 0.3 is 0 Å². The predicted octanol–water partition coefficient (Wildman–Crippen LogP) is 14.4. The zero-order valence-electron chi connectivity index (χ0n) is 33.7. The summed E-state index contributed by atoms with van der Waals surface area (Å²) in [6.45, 7) is 0. The Balaban J connectivity index is 1.06. The topological polar surface area (TPSA) is 41.9 Å². The van der Waals surface area contributed by atoms with Crippen LogP contribution in [0.25, 0.3) is 67.5 Å². The summed E-state index contributed by atoms with van der Waals surface area (Å²) in [5.41, 5.74) is 17.6. The molecule has 0 radical (unpaired) electrons. The van der Waals surface area contributed by atoms with Gasteiger partial charge in [-0.25, -0.2) is 15.0 Å². The van der Waals surface area contributed by atoms with E-state index in [2.05, 4.69) is 211 Å². The summed E-state index contributed by atoms with van der Waals surface area (Å²) in [7, 11) is 0. The fraction of sp³-hybridized carbons (Fsp3) is 0.0172. The van der Waals surface area contributed by atoms with Crippen LogP contribution in [0.1, 0.15) is 22.3 Å². The lowest BCUT2D eigenvalue weighted by molar-refractivity contribution is 0.752. The lowest BCUT2D eigenvalue weighted by atomic mass is 9.64. The van der Waals surface area contributed by atoms with Crippen LogP contribution in [0, 0.1) is 0 Å². The van der Waals surface area contributed by atoms with Crippen molar-refractivity contribution in [3.63, 3.8) is 0 Å². The Hall–Kier alpha value is -8.21. The van der Waals surface area contributed by atoms with E-state index in [4.69, 9.17) is 15.0 Å². The number of para-hydroxylation sites is 3. The molecule has 0 saturated carbocycles. The van der Waals surface area contributed by atoms with E-state index in [9.17, 15) is 0 Å². The zero-order chi connectivity index (χ0) is 41.0. The Bertz CT molecular complexity index is 3240. The maximum atomic E-state index is 5.38. The molecule has 1 aromatic heterocycles. The van der Waals surface area contributed by atoms with Gasteiger partial charge in [-0.05, 0) is 86.0 Å². The van der Waals surface area contributed by atoms with Crippen LogP contribution in [0.4, 0.5) is 17.1 Å². The van der Waals surface area contributed by atoms with Crippen LogP contribution in [-0.4, -0.2) is 15.0 Å². The van der Waals surface area contributed by atoms with Crippen molar-refractivity contribution >= 4 is 17.1 Å². The van der Waals surface area contributed by atoms with E-state index in [0.29, 0.717) is 17.5 Å². The molecule has 9 aromatic carbocycles. The van der Waals surface area contributed by atoms with Crippen molar-refractivity contribution in [2.45, 2.75) is 5.41 Å². The summed E-state index contributed by atoms with van der Waals surface area (Å²) in [5, 5.41) is 0. The molecular formula is C58H38N4. The van der Waals surface area contributed by atoms with E-state index in [1.54, 1.807) is 0 Å². The minimum Gasteiger partial charge on any atom is -0.310 e. The van der Waals surface area contributed by atoms with Gasteiger partial charge in [0.15, 0.2) is 17.5 Å². The van der Waals surface area contributed by atoms with Gasteiger partial charge in [0.05, 0.1) is 16.8 Å². The molecule has 290 valence electrons. The van der Waals surface area contributed by atoms with Crippen LogP contribution < -0.4 is 4.90 Å². The van der Waals surface area contributed by atoms with E-state index in [0.717, 1.165) is 50.4 Å². The maximum Gasteiger partial charge on any atom is 0.164 e. The fourth-order valence-electron chi connectivity index (χ4n) is 9.86. The summed E-state index contributed by atoms with van der Waals surface area (Å²) in [5.74, 6) is 1.90. The second kappa shape index (κ2) is 14.5. The molecule has 4 nitrogen and oxygen atoms in total. The van der Waals surface area contributed by atoms with E-state index in [-0.39, 0.29) is 0 Å². The number of aromatic nitrogens is 3. The van der Waals surface area contributed by atoms with Gasteiger partial charge in [-0.15, -0.1) is 0 Å². The average Bonchev–Trinajstić information content (AvgIpc) is 3.66. The van der Waals surface area contributed by atoms with Gasteiger partial charge in [-0.2, -0.15) is 0 Å². The Kier molecular flexibility index (Phi) is 8.36. The Morgan fingerprint density at radius 2 is 0.726 bits per heavy atom. The van der Waals surface area contributed by atoms with Gasteiger partial charge in [-0.3, -0.25) is 0 Å². The van der Waals surface area contributed by atoms with Crippen LogP contribution in [0.15, 0.2) is 231 Å². The molecule has 0 fully saturated rings. The number of hydrogen-bond acceptors (Lipinski definition) is 4. The molecule has 4 heteroatoms. The van der Waals surface area contributed by atoms with Crippen LogP contribution >= 0.6 is 0 Å². The molecule has 0 bridgehead atoms. The van der Waals surface area contributed by atoms with Gasteiger partial charge < -0.3 is 4.90 Å². The smallest absolute Gasteiger partial charge is 0.164 e. The number of nitrogens with zero attached hydrogens (tertiary/aromatic N) is 4. The van der Waals surface area contributed by atoms with Crippen molar-refractivity contribution in [3.05, 3.63) is 253 Å². The van der Waals surface area contributed by atoms with Gasteiger partial charge in [0.2, 0.25) is 0 Å². The molecule has 0 unspecified atom stereocenters. The third kappa shape index (κ3) is 5.58. The van der Waals surface area contributed by atoms with Crippen LogP contribution in [0.2, 0.25) is 0 Å². The lowest BCUT2D eigenvalue weighted by Gasteiger charge is -2.45. The summed E-state index contributed by atoms with van der Waals surface area (Å²) in [6.07, 6.45) is 0. The molecule has 0 N–H and O–H groups in total. The van der Waals surface area contributed by atoms with Crippen molar-refractivity contribution in [3.8, 4) is 67.5 Å². The number of benzene rings is 9. The Morgan fingerprint density at radius 1 is 0.290 bits per heavy atom. The molecule has 62 heavy (non-hydrogen) atoms. The van der Waals surface area contributed by atoms with Gasteiger partial charge in [0.1, 0.15) is 0 Å². The molecule has 2 heterocycles. The third-order valence-electron chi connectivity index (χ3n) is 12.5. The monoisotopic (exact) mass is 790 g/mol. The predicted molar refractivity (Wildman–Crippen MR) is 253 cm³/mol. The first-order valence-corrected chi connectivity index (χ1v) is 21.1. The standard InChI is InChI=1S/C58H38N4/c1-4-18-39(19-5-1)40-34-36-41(37-35-40)43-22-16-23-44(38-43)56-59-55(42-20-6-2-7-21-42)60-57(61-56)47-27-17-31-51-54(47)46-26-10-11-28-48(46)58(51)49-29-12-14-32-52(49)62(45-24-8-3-9-25-45)53-33-15-13-30-50(53)58/h1-38H.